The van der Waals surface area contributed by atoms with E-state index >= 15 is 0 Å². The third-order valence-electron chi connectivity index (χ3n) is 3.10. The van der Waals surface area contributed by atoms with Crippen molar-refractivity contribution in [2.75, 3.05) is 0 Å². The van der Waals surface area contributed by atoms with E-state index in [2.05, 4.69) is 0 Å². The molecule has 2 aromatic rings. The van der Waals surface area contributed by atoms with Gasteiger partial charge in [-0.15, -0.1) is 0 Å². The van der Waals surface area contributed by atoms with Crippen LogP contribution < -0.4 is 0 Å². The molecule has 0 spiro atoms. The molecule has 3 nitrogen and oxygen atoms in total. The van der Waals surface area contributed by atoms with E-state index < -0.39 is 10.1 Å². The lowest BCUT2D eigenvalue weighted by Gasteiger charge is -2.17. The van der Waals surface area contributed by atoms with Crippen molar-refractivity contribution in [1.82, 2.24) is 0 Å². The van der Waals surface area contributed by atoms with Gasteiger partial charge >= 0.3 is 0 Å². The zero-order chi connectivity index (χ0) is 14.9. The van der Waals surface area contributed by atoms with Crippen LogP contribution in [0.3, 0.4) is 0 Å². The Balaban J connectivity index is 2.80. The molecule has 0 aliphatic rings. The monoisotopic (exact) mass is 292 g/mol. The second-order valence-corrected chi connectivity index (χ2v) is 6.97. The van der Waals surface area contributed by atoms with Crippen LogP contribution in [0.4, 0.5) is 0 Å². The van der Waals surface area contributed by atoms with E-state index in [1.165, 1.54) is 0 Å². The average Bonchev–Trinajstić information content (AvgIpc) is 2.35. The minimum atomic E-state index is -3.76. The molecule has 2 rings (SSSR count). The molecule has 2 aromatic carbocycles. The summed E-state index contributed by atoms with van der Waals surface area (Å²) in [5.41, 5.74) is 0.796. The highest BCUT2D eigenvalue weighted by Crippen LogP contribution is 2.32. The minimum absolute atomic E-state index is 0.111. The molecule has 0 amide bonds. The van der Waals surface area contributed by atoms with E-state index in [-0.39, 0.29) is 12.0 Å². The van der Waals surface area contributed by atoms with Gasteiger partial charge in [0.2, 0.25) is 0 Å². The molecular formula is C16H20O3S. The minimum Gasteiger partial charge on any atom is -0.264 e. The predicted molar refractivity (Wildman–Crippen MR) is 81.4 cm³/mol. The molecule has 0 atom stereocenters. The summed E-state index contributed by atoms with van der Waals surface area (Å²) in [5.74, 6) is 0.111. The third kappa shape index (κ3) is 2.86. The first kappa shape index (κ1) is 15.0. The van der Waals surface area contributed by atoms with Crippen molar-refractivity contribution in [3.8, 4) is 0 Å². The van der Waals surface area contributed by atoms with Crippen LogP contribution in [0, 0.1) is 0 Å². The molecule has 0 N–H and O–H groups in total. The summed E-state index contributed by atoms with van der Waals surface area (Å²) in [4.78, 5) is 0.305. The smallest absolute Gasteiger partial charge is 0.264 e. The Morgan fingerprint density at radius 1 is 0.950 bits per heavy atom. The summed E-state index contributed by atoms with van der Waals surface area (Å²) in [6.45, 7) is 7.41. The Kier molecular flexibility index (Phi) is 4.16. The Labute approximate surface area is 120 Å². The number of hydrogen-bond donors (Lipinski definition) is 0. The zero-order valence-corrected chi connectivity index (χ0v) is 13.1. The van der Waals surface area contributed by atoms with Gasteiger partial charge in [0.15, 0.2) is 0 Å². The maximum absolute atomic E-state index is 12.6. The highest BCUT2D eigenvalue weighted by atomic mass is 32.2. The number of hydrogen-bond acceptors (Lipinski definition) is 3. The Morgan fingerprint density at radius 3 is 2.20 bits per heavy atom. The summed E-state index contributed by atoms with van der Waals surface area (Å²) in [6.07, 6.45) is -0.376. The second-order valence-electron chi connectivity index (χ2n) is 5.46. The van der Waals surface area contributed by atoms with Crippen molar-refractivity contribution in [3.63, 3.8) is 0 Å². The molecule has 0 radical (unpaired) electrons. The molecule has 0 saturated heterocycles. The molecule has 0 unspecified atom stereocenters. The lowest BCUT2D eigenvalue weighted by atomic mass is 9.99. The molecule has 0 aliphatic heterocycles. The van der Waals surface area contributed by atoms with Gasteiger partial charge in [0.1, 0.15) is 4.90 Å². The fourth-order valence-corrected chi connectivity index (χ4v) is 3.95. The maximum Gasteiger partial charge on any atom is 0.298 e. The normalized spacial score (nSPS) is 12.5. The fraction of sp³-hybridized carbons (Fsp3) is 0.375. The second kappa shape index (κ2) is 5.54. The summed E-state index contributed by atoms with van der Waals surface area (Å²) < 4.78 is 30.3. The largest absolute Gasteiger partial charge is 0.298 e. The van der Waals surface area contributed by atoms with Crippen LogP contribution >= 0.6 is 0 Å². The lowest BCUT2D eigenvalue weighted by molar-refractivity contribution is 0.249. The Hall–Kier alpha value is -1.39. The van der Waals surface area contributed by atoms with Gasteiger partial charge in [-0.3, -0.25) is 4.18 Å². The topological polar surface area (TPSA) is 43.4 Å². The highest BCUT2D eigenvalue weighted by molar-refractivity contribution is 7.87. The van der Waals surface area contributed by atoms with E-state index in [0.717, 1.165) is 16.3 Å². The standard InChI is InChI=1S/C16H20O3S/c1-11(2)14-10-9-13-7-5-6-8-15(13)16(14)20(17,18)19-12(3)4/h5-12H,1-4H3. The predicted octanol–water partition coefficient (Wildman–Crippen LogP) is 4.08. The number of benzene rings is 2. The molecule has 0 aromatic heterocycles. The molecule has 108 valence electrons. The molecular weight excluding hydrogens is 272 g/mol. The van der Waals surface area contributed by atoms with Gasteiger partial charge in [-0.05, 0) is 30.7 Å². The van der Waals surface area contributed by atoms with E-state index in [0.29, 0.717) is 4.90 Å². The summed E-state index contributed by atoms with van der Waals surface area (Å²) >= 11 is 0. The van der Waals surface area contributed by atoms with Crippen molar-refractivity contribution in [2.24, 2.45) is 0 Å². The van der Waals surface area contributed by atoms with Gasteiger partial charge in [-0.2, -0.15) is 8.42 Å². The molecule has 0 fully saturated rings. The van der Waals surface area contributed by atoms with Crippen LogP contribution in [-0.4, -0.2) is 14.5 Å². The molecule has 0 aliphatic carbocycles. The van der Waals surface area contributed by atoms with Crippen molar-refractivity contribution < 1.29 is 12.6 Å². The fourth-order valence-electron chi connectivity index (χ4n) is 2.29. The van der Waals surface area contributed by atoms with Crippen molar-refractivity contribution in [2.45, 2.75) is 44.6 Å². The van der Waals surface area contributed by atoms with Gasteiger partial charge in [-0.25, -0.2) is 0 Å². The van der Waals surface area contributed by atoms with Crippen LogP contribution in [0.25, 0.3) is 10.8 Å². The van der Waals surface area contributed by atoms with Crippen LogP contribution in [0.1, 0.15) is 39.2 Å². The van der Waals surface area contributed by atoms with Crippen molar-refractivity contribution >= 4 is 20.9 Å². The Morgan fingerprint density at radius 2 is 1.60 bits per heavy atom. The van der Waals surface area contributed by atoms with Crippen LogP contribution in [-0.2, 0) is 14.3 Å². The summed E-state index contributed by atoms with van der Waals surface area (Å²) in [7, 11) is -3.76. The van der Waals surface area contributed by atoms with Crippen LogP contribution in [0.15, 0.2) is 41.3 Å². The third-order valence-corrected chi connectivity index (χ3v) is 4.70. The van der Waals surface area contributed by atoms with Gasteiger partial charge in [0.05, 0.1) is 6.10 Å². The summed E-state index contributed by atoms with van der Waals surface area (Å²) in [6, 6.07) is 11.3. The van der Waals surface area contributed by atoms with Gasteiger partial charge in [0, 0.05) is 5.39 Å². The van der Waals surface area contributed by atoms with Gasteiger partial charge < -0.3 is 0 Å². The Bertz CT molecular complexity index is 716. The molecule has 0 heterocycles. The first-order valence-electron chi connectivity index (χ1n) is 6.78. The zero-order valence-electron chi connectivity index (χ0n) is 12.3. The molecule has 0 saturated carbocycles. The molecule has 4 heteroatoms. The van der Waals surface area contributed by atoms with Crippen LogP contribution in [0.2, 0.25) is 0 Å². The number of rotatable bonds is 4. The average molecular weight is 292 g/mol. The van der Waals surface area contributed by atoms with Crippen molar-refractivity contribution in [3.05, 3.63) is 42.0 Å². The highest BCUT2D eigenvalue weighted by Gasteiger charge is 2.25. The quantitative estimate of drug-likeness (QED) is 0.798. The van der Waals surface area contributed by atoms with Gasteiger partial charge in [0.25, 0.3) is 10.1 Å². The van der Waals surface area contributed by atoms with E-state index in [9.17, 15) is 8.42 Å². The SMILES string of the molecule is CC(C)OS(=O)(=O)c1c(C(C)C)ccc2ccccc12. The van der Waals surface area contributed by atoms with Gasteiger partial charge in [-0.1, -0.05) is 50.2 Å². The van der Waals surface area contributed by atoms with Crippen LogP contribution in [0.5, 0.6) is 0 Å². The number of fused-ring (bicyclic) bond motifs is 1. The maximum atomic E-state index is 12.6. The first-order valence-corrected chi connectivity index (χ1v) is 8.18. The molecule has 0 bridgehead atoms. The molecule has 20 heavy (non-hydrogen) atoms. The van der Waals surface area contributed by atoms with E-state index in [4.69, 9.17) is 4.18 Å². The lowest BCUT2D eigenvalue weighted by Crippen LogP contribution is -2.15. The van der Waals surface area contributed by atoms with E-state index in [1.807, 2.05) is 50.2 Å². The first-order chi connectivity index (χ1) is 9.33. The summed E-state index contributed by atoms with van der Waals surface area (Å²) in [5, 5.41) is 1.63. The van der Waals surface area contributed by atoms with Crippen molar-refractivity contribution in [1.29, 1.82) is 0 Å². The van der Waals surface area contributed by atoms with E-state index in [1.54, 1.807) is 13.8 Å².